The highest BCUT2D eigenvalue weighted by molar-refractivity contribution is 5.71. The van der Waals surface area contributed by atoms with Crippen molar-refractivity contribution in [2.75, 3.05) is 13.2 Å². The van der Waals surface area contributed by atoms with Crippen molar-refractivity contribution < 1.29 is 28.6 Å². The molecule has 304 valence electrons. The Hall–Kier alpha value is -2.89. The Labute approximate surface area is 326 Å². The molecule has 0 aliphatic rings. The molecule has 0 rings (SSSR count). The highest BCUT2D eigenvalue weighted by Crippen LogP contribution is 2.14. The maximum absolute atomic E-state index is 12.7. The molecule has 0 bridgehead atoms. The molecule has 0 saturated carbocycles. The van der Waals surface area contributed by atoms with Crippen LogP contribution >= 0.6 is 0 Å². The van der Waals surface area contributed by atoms with Crippen molar-refractivity contribution in [1.82, 2.24) is 0 Å². The molecule has 1 atom stereocenters. The van der Waals surface area contributed by atoms with Gasteiger partial charge in [-0.2, -0.15) is 0 Å². The van der Waals surface area contributed by atoms with E-state index in [0.29, 0.717) is 19.3 Å². The number of unbranched alkanes of at least 4 members (excludes halogenated alkanes) is 21. The molecule has 0 fully saturated rings. The number of hydrogen-bond acceptors (Lipinski definition) is 6. The van der Waals surface area contributed by atoms with Crippen LogP contribution in [-0.4, -0.2) is 37.2 Å². The first-order valence-electron chi connectivity index (χ1n) is 21.9. The van der Waals surface area contributed by atoms with Gasteiger partial charge in [-0.1, -0.05) is 210 Å². The lowest BCUT2D eigenvalue weighted by Gasteiger charge is -2.18. The number of esters is 3. The molecule has 6 nitrogen and oxygen atoms in total. The third kappa shape index (κ3) is 40.1. The zero-order valence-corrected chi connectivity index (χ0v) is 34.5. The van der Waals surface area contributed by atoms with Gasteiger partial charge in [0.05, 0.1) is 0 Å². The fourth-order valence-electron chi connectivity index (χ4n) is 5.88. The highest BCUT2D eigenvalue weighted by atomic mass is 16.6. The van der Waals surface area contributed by atoms with Crippen molar-refractivity contribution in [3.63, 3.8) is 0 Å². The summed E-state index contributed by atoms with van der Waals surface area (Å²) in [6.45, 7) is 6.40. The van der Waals surface area contributed by atoms with E-state index in [1.54, 1.807) is 0 Å². The summed E-state index contributed by atoms with van der Waals surface area (Å²) in [6, 6.07) is 0. The van der Waals surface area contributed by atoms with Gasteiger partial charge in [-0.25, -0.2) is 0 Å². The molecule has 0 N–H and O–H groups in total. The van der Waals surface area contributed by atoms with Crippen molar-refractivity contribution in [2.45, 2.75) is 207 Å². The first-order chi connectivity index (χ1) is 26.0. The van der Waals surface area contributed by atoms with Crippen LogP contribution in [0, 0.1) is 0 Å². The maximum Gasteiger partial charge on any atom is 0.306 e. The van der Waals surface area contributed by atoms with Gasteiger partial charge in [-0.3, -0.25) is 14.4 Å². The van der Waals surface area contributed by atoms with E-state index < -0.39 is 6.10 Å². The predicted octanol–water partition coefficient (Wildman–Crippen LogP) is 13.7. The Morgan fingerprint density at radius 1 is 0.396 bits per heavy atom. The van der Waals surface area contributed by atoms with Crippen molar-refractivity contribution in [3.8, 4) is 0 Å². The normalized spacial score (nSPS) is 12.6. The zero-order valence-electron chi connectivity index (χ0n) is 34.5. The fraction of sp³-hybridized carbons (Fsp3) is 0.723. The first-order valence-corrected chi connectivity index (χ1v) is 21.9. The number of hydrogen-bond donors (Lipinski definition) is 0. The third-order valence-electron chi connectivity index (χ3n) is 9.16. The van der Waals surface area contributed by atoms with Gasteiger partial charge < -0.3 is 14.2 Å². The van der Waals surface area contributed by atoms with Gasteiger partial charge in [0.1, 0.15) is 13.2 Å². The Balaban J connectivity index is 4.49. The second-order valence-corrected chi connectivity index (χ2v) is 14.4. The molecule has 6 heteroatoms. The minimum Gasteiger partial charge on any atom is -0.462 e. The van der Waals surface area contributed by atoms with Gasteiger partial charge in [0.2, 0.25) is 0 Å². The van der Waals surface area contributed by atoms with Crippen molar-refractivity contribution in [2.24, 2.45) is 0 Å². The van der Waals surface area contributed by atoms with Crippen LogP contribution in [0.3, 0.4) is 0 Å². The van der Waals surface area contributed by atoms with Gasteiger partial charge in [-0.15, -0.1) is 0 Å². The van der Waals surface area contributed by atoms with Gasteiger partial charge in [-0.05, 0) is 32.1 Å². The molecule has 0 saturated heterocycles. The van der Waals surface area contributed by atoms with Gasteiger partial charge in [0.15, 0.2) is 6.10 Å². The SMILES string of the molecule is CC\C=C/C=C\C=C/C=C\C=C/CCCC(=O)OCC(COC(=O)CCCCCCCCCCCCC)OC(=O)CCCCCCCCCCCCC. The summed E-state index contributed by atoms with van der Waals surface area (Å²) in [5.74, 6) is -0.976. The van der Waals surface area contributed by atoms with E-state index in [9.17, 15) is 14.4 Å². The molecule has 1 unspecified atom stereocenters. The summed E-state index contributed by atoms with van der Waals surface area (Å²) >= 11 is 0. The van der Waals surface area contributed by atoms with E-state index in [0.717, 1.165) is 51.4 Å². The Morgan fingerprint density at radius 2 is 0.736 bits per heavy atom. The molecule has 0 aliphatic carbocycles. The Morgan fingerprint density at radius 3 is 1.15 bits per heavy atom. The molecule has 0 aromatic heterocycles. The minimum absolute atomic E-state index is 0.0944. The maximum atomic E-state index is 12.7. The zero-order chi connectivity index (χ0) is 38.7. The molecule has 0 spiro atoms. The molecular formula is C47H80O6. The van der Waals surface area contributed by atoms with Gasteiger partial charge >= 0.3 is 17.9 Å². The molecule has 53 heavy (non-hydrogen) atoms. The summed E-state index contributed by atoms with van der Waals surface area (Å²) in [5, 5.41) is 0. The monoisotopic (exact) mass is 741 g/mol. The average Bonchev–Trinajstić information content (AvgIpc) is 3.15. The van der Waals surface area contributed by atoms with E-state index >= 15 is 0 Å². The molecule has 0 heterocycles. The van der Waals surface area contributed by atoms with E-state index in [4.69, 9.17) is 14.2 Å². The van der Waals surface area contributed by atoms with E-state index in [2.05, 4.69) is 26.8 Å². The molecule has 0 aliphatic heterocycles. The average molecular weight is 741 g/mol. The number of carbonyl (C=O) groups is 3. The van der Waals surface area contributed by atoms with Gasteiger partial charge in [0.25, 0.3) is 0 Å². The Bertz CT molecular complexity index is 991. The Kier molecular flexibility index (Phi) is 39.6. The van der Waals surface area contributed by atoms with E-state index in [1.165, 1.54) is 103 Å². The van der Waals surface area contributed by atoms with Crippen LogP contribution in [0.4, 0.5) is 0 Å². The van der Waals surface area contributed by atoms with E-state index in [1.807, 2.05) is 54.7 Å². The number of rotatable bonds is 38. The number of carbonyl (C=O) groups excluding carboxylic acids is 3. The molecule has 0 radical (unpaired) electrons. The third-order valence-corrected chi connectivity index (χ3v) is 9.16. The highest BCUT2D eigenvalue weighted by Gasteiger charge is 2.19. The quantitative estimate of drug-likeness (QED) is 0.0271. The van der Waals surface area contributed by atoms with E-state index in [-0.39, 0.29) is 37.5 Å². The summed E-state index contributed by atoms with van der Waals surface area (Å²) in [6.07, 6.45) is 49.2. The second kappa shape index (κ2) is 41.9. The second-order valence-electron chi connectivity index (χ2n) is 14.4. The van der Waals surface area contributed by atoms with Crippen LogP contribution in [0.5, 0.6) is 0 Å². The van der Waals surface area contributed by atoms with Crippen LogP contribution in [-0.2, 0) is 28.6 Å². The summed E-state index contributed by atoms with van der Waals surface area (Å²) < 4.78 is 16.6. The lowest BCUT2D eigenvalue weighted by molar-refractivity contribution is -0.167. The van der Waals surface area contributed by atoms with Crippen molar-refractivity contribution >= 4 is 17.9 Å². The predicted molar refractivity (Wildman–Crippen MR) is 224 cm³/mol. The number of ether oxygens (including phenoxy) is 3. The van der Waals surface area contributed by atoms with Crippen molar-refractivity contribution in [1.29, 1.82) is 0 Å². The molecule has 0 aromatic rings. The lowest BCUT2D eigenvalue weighted by atomic mass is 10.1. The summed E-state index contributed by atoms with van der Waals surface area (Å²) in [5.41, 5.74) is 0. The summed E-state index contributed by atoms with van der Waals surface area (Å²) in [4.78, 5) is 37.6. The largest absolute Gasteiger partial charge is 0.462 e. The van der Waals surface area contributed by atoms with Crippen molar-refractivity contribution in [3.05, 3.63) is 60.8 Å². The fourth-order valence-corrected chi connectivity index (χ4v) is 5.88. The van der Waals surface area contributed by atoms with Crippen LogP contribution < -0.4 is 0 Å². The number of allylic oxidation sites excluding steroid dienone is 10. The molecule has 0 aromatic carbocycles. The lowest BCUT2D eigenvalue weighted by Crippen LogP contribution is -2.30. The van der Waals surface area contributed by atoms with Crippen LogP contribution in [0.1, 0.15) is 201 Å². The molecular weight excluding hydrogens is 661 g/mol. The van der Waals surface area contributed by atoms with Crippen LogP contribution in [0.2, 0.25) is 0 Å². The topological polar surface area (TPSA) is 78.9 Å². The van der Waals surface area contributed by atoms with Crippen LogP contribution in [0.15, 0.2) is 60.8 Å². The van der Waals surface area contributed by atoms with Crippen LogP contribution in [0.25, 0.3) is 0 Å². The van der Waals surface area contributed by atoms with Gasteiger partial charge in [0, 0.05) is 19.3 Å². The summed E-state index contributed by atoms with van der Waals surface area (Å²) in [7, 11) is 0. The minimum atomic E-state index is -0.795. The standard InChI is InChI=1S/C47H80O6/c1-4-7-10-13-16-19-22-23-26-28-31-34-37-40-46(49)52-43-44(53-47(50)41-38-35-32-29-25-21-18-15-12-9-6-3)42-51-45(48)39-36-33-30-27-24-20-17-14-11-8-5-2/h7,10,13,16,19,22-23,26,28,31,44H,4-6,8-9,11-12,14-15,17-18,20-21,24-25,27,29-30,32-43H2,1-3H3/b10-7-,16-13-,22-19-,26-23-,31-28-. The molecule has 0 amide bonds. The smallest absolute Gasteiger partial charge is 0.306 e. The first kappa shape index (κ1) is 50.1.